The molecule has 1 N–H and O–H groups in total. The number of nitrogens with zero attached hydrogens (tertiary/aromatic N) is 2. The van der Waals surface area contributed by atoms with Crippen molar-refractivity contribution in [2.45, 2.75) is 40.2 Å². The molecule has 0 unspecified atom stereocenters. The molecule has 0 bridgehead atoms. The van der Waals surface area contributed by atoms with E-state index in [2.05, 4.69) is 30.7 Å². The highest BCUT2D eigenvalue weighted by atomic mass is 16.3. The molecule has 0 atom stereocenters. The van der Waals surface area contributed by atoms with Crippen LogP contribution in [0.25, 0.3) is 0 Å². The molecule has 1 rings (SSSR count). The SMILES string of the molecule is CCC(CC)CN(CC)c1ncccc1CO. The molecule has 0 saturated heterocycles. The van der Waals surface area contributed by atoms with Crippen molar-refractivity contribution >= 4 is 5.82 Å². The summed E-state index contributed by atoms with van der Waals surface area (Å²) in [4.78, 5) is 6.68. The fourth-order valence-electron chi connectivity index (χ4n) is 2.06. The van der Waals surface area contributed by atoms with Crippen molar-refractivity contribution in [2.75, 3.05) is 18.0 Å². The van der Waals surface area contributed by atoms with Crippen molar-refractivity contribution in [3.05, 3.63) is 23.9 Å². The maximum Gasteiger partial charge on any atom is 0.134 e. The van der Waals surface area contributed by atoms with E-state index in [0.717, 1.165) is 24.5 Å². The molecule has 0 radical (unpaired) electrons. The molecule has 3 nitrogen and oxygen atoms in total. The van der Waals surface area contributed by atoms with Gasteiger partial charge in [0.15, 0.2) is 0 Å². The second-order valence-corrected chi connectivity index (χ2v) is 4.37. The molecule has 17 heavy (non-hydrogen) atoms. The molecular formula is C14H24N2O. The van der Waals surface area contributed by atoms with E-state index in [0.29, 0.717) is 5.92 Å². The monoisotopic (exact) mass is 236 g/mol. The first-order valence-corrected chi connectivity index (χ1v) is 6.56. The zero-order chi connectivity index (χ0) is 12.7. The van der Waals surface area contributed by atoms with Crippen LogP contribution in [0.15, 0.2) is 18.3 Å². The third kappa shape index (κ3) is 3.70. The summed E-state index contributed by atoms with van der Waals surface area (Å²) < 4.78 is 0. The molecule has 1 aromatic heterocycles. The largest absolute Gasteiger partial charge is 0.392 e. The van der Waals surface area contributed by atoms with Gasteiger partial charge in [0.05, 0.1) is 6.61 Å². The highest BCUT2D eigenvalue weighted by Crippen LogP contribution is 2.20. The first-order chi connectivity index (χ1) is 8.26. The smallest absolute Gasteiger partial charge is 0.134 e. The third-order valence-corrected chi connectivity index (χ3v) is 3.35. The Bertz CT molecular complexity index is 324. The predicted molar refractivity (Wildman–Crippen MR) is 72.1 cm³/mol. The van der Waals surface area contributed by atoms with Crippen LogP contribution in [0.4, 0.5) is 5.82 Å². The van der Waals surface area contributed by atoms with Crippen LogP contribution in [-0.2, 0) is 6.61 Å². The Morgan fingerprint density at radius 1 is 1.29 bits per heavy atom. The van der Waals surface area contributed by atoms with Gasteiger partial charge in [0.2, 0.25) is 0 Å². The first-order valence-electron chi connectivity index (χ1n) is 6.56. The summed E-state index contributed by atoms with van der Waals surface area (Å²) in [6.07, 6.45) is 4.17. The molecule has 0 aliphatic heterocycles. The van der Waals surface area contributed by atoms with Crippen molar-refractivity contribution in [3.8, 4) is 0 Å². The van der Waals surface area contributed by atoms with Crippen molar-refractivity contribution in [2.24, 2.45) is 5.92 Å². The van der Waals surface area contributed by atoms with E-state index in [9.17, 15) is 5.11 Å². The normalized spacial score (nSPS) is 10.9. The summed E-state index contributed by atoms with van der Waals surface area (Å²) >= 11 is 0. The summed E-state index contributed by atoms with van der Waals surface area (Å²) in [5.74, 6) is 1.63. The van der Waals surface area contributed by atoms with E-state index in [4.69, 9.17) is 0 Å². The van der Waals surface area contributed by atoms with Gasteiger partial charge >= 0.3 is 0 Å². The fraction of sp³-hybridized carbons (Fsp3) is 0.643. The van der Waals surface area contributed by atoms with Crippen LogP contribution in [0.3, 0.4) is 0 Å². The van der Waals surface area contributed by atoms with E-state index in [-0.39, 0.29) is 6.61 Å². The molecule has 0 saturated carbocycles. The average molecular weight is 236 g/mol. The topological polar surface area (TPSA) is 36.4 Å². The molecule has 0 aliphatic rings. The van der Waals surface area contributed by atoms with E-state index in [1.165, 1.54) is 12.8 Å². The summed E-state index contributed by atoms with van der Waals surface area (Å²) in [6, 6.07) is 3.82. The van der Waals surface area contributed by atoms with Crippen molar-refractivity contribution < 1.29 is 5.11 Å². The summed E-state index contributed by atoms with van der Waals surface area (Å²) in [6.45, 7) is 8.61. The lowest BCUT2D eigenvalue weighted by molar-refractivity contribution is 0.281. The number of hydrogen-bond donors (Lipinski definition) is 1. The second-order valence-electron chi connectivity index (χ2n) is 4.37. The van der Waals surface area contributed by atoms with Gasteiger partial charge in [0.1, 0.15) is 5.82 Å². The van der Waals surface area contributed by atoms with Crippen LogP contribution in [0, 0.1) is 5.92 Å². The maximum absolute atomic E-state index is 9.34. The van der Waals surface area contributed by atoms with Crippen LogP contribution >= 0.6 is 0 Å². The average Bonchev–Trinajstić information content (AvgIpc) is 2.40. The van der Waals surface area contributed by atoms with Gasteiger partial charge in [-0.1, -0.05) is 32.8 Å². The Labute approximate surface area is 104 Å². The number of aliphatic hydroxyl groups is 1. The Morgan fingerprint density at radius 3 is 2.53 bits per heavy atom. The Hall–Kier alpha value is -1.09. The van der Waals surface area contributed by atoms with Crippen LogP contribution in [-0.4, -0.2) is 23.2 Å². The number of anilines is 1. The van der Waals surface area contributed by atoms with E-state index in [1.807, 2.05) is 12.1 Å². The zero-order valence-corrected chi connectivity index (χ0v) is 11.2. The minimum absolute atomic E-state index is 0.0581. The van der Waals surface area contributed by atoms with Gasteiger partial charge < -0.3 is 10.0 Å². The van der Waals surface area contributed by atoms with Crippen LogP contribution in [0.2, 0.25) is 0 Å². The fourth-order valence-corrected chi connectivity index (χ4v) is 2.06. The molecule has 0 spiro atoms. The molecule has 0 amide bonds. The van der Waals surface area contributed by atoms with Gasteiger partial charge in [-0.2, -0.15) is 0 Å². The molecular weight excluding hydrogens is 212 g/mol. The number of aromatic nitrogens is 1. The number of pyridine rings is 1. The van der Waals surface area contributed by atoms with Crippen LogP contribution in [0.1, 0.15) is 39.2 Å². The lowest BCUT2D eigenvalue weighted by Crippen LogP contribution is -2.30. The van der Waals surface area contributed by atoms with Gasteiger partial charge in [-0.3, -0.25) is 0 Å². The standard InChI is InChI=1S/C14H24N2O/c1-4-12(5-2)10-16(6-3)14-13(11-17)8-7-9-15-14/h7-9,12,17H,4-6,10-11H2,1-3H3. The Balaban J connectivity index is 2.85. The highest BCUT2D eigenvalue weighted by molar-refractivity contribution is 5.46. The van der Waals surface area contributed by atoms with Crippen molar-refractivity contribution in [3.63, 3.8) is 0 Å². The Kier molecular flexibility index (Phi) is 5.98. The summed E-state index contributed by atoms with van der Waals surface area (Å²) in [7, 11) is 0. The lowest BCUT2D eigenvalue weighted by Gasteiger charge is -2.27. The molecule has 0 fully saturated rings. The zero-order valence-electron chi connectivity index (χ0n) is 11.2. The maximum atomic E-state index is 9.34. The second kappa shape index (κ2) is 7.28. The van der Waals surface area contributed by atoms with Gasteiger partial charge in [0.25, 0.3) is 0 Å². The first kappa shape index (κ1) is 14.0. The van der Waals surface area contributed by atoms with Crippen molar-refractivity contribution in [1.29, 1.82) is 0 Å². The molecule has 1 aromatic rings. The number of hydrogen-bond acceptors (Lipinski definition) is 3. The van der Waals surface area contributed by atoms with Gasteiger partial charge in [-0.05, 0) is 18.9 Å². The van der Waals surface area contributed by atoms with Crippen LogP contribution in [0.5, 0.6) is 0 Å². The molecule has 1 heterocycles. The lowest BCUT2D eigenvalue weighted by atomic mass is 10.0. The molecule has 0 aromatic carbocycles. The van der Waals surface area contributed by atoms with Gasteiger partial charge in [0, 0.05) is 24.8 Å². The minimum Gasteiger partial charge on any atom is -0.392 e. The van der Waals surface area contributed by atoms with Gasteiger partial charge in [-0.25, -0.2) is 4.98 Å². The summed E-state index contributed by atoms with van der Waals surface area (Å²) in [5, 5.41) is 9.34. The predicted octanol–water partition coefficient (Wildman–Crippen LogP) is 2.84. The number of rotatable bonds is 7. The highest BCUT2D eigenvalue weighted by Gasteiger charge is 2.14. The van der Waals surface area contributed by atoms with E-state index in [1.54, 1.807) is 6.20 Å². The van der Waals surface area contributed by atoms with E-state index >= 15 is 0 Å². The minimum atomic E-state index is 0.0581. The molecule has 96 valence electrons. The van der Waals surface area contributed by atoms with Gasteiger partial charge in [-0.15, -0.1) is 0 Å². The quantitative estimate of drug-likeness (QED) is 0.791. The molecule has 3 heteroatoms. The van der Waals surface area contributed by atoms with E-state index < -0.39 is 0 Å². The number of aliphatic hydroxyl groups excluding tert-OH is 1. The van der Waals surface area contributed by atoms with Crippen LogP contribution < -0.4 is 4.90 Å². The van der Waals surface area contributed by atoms with Crippen molar-refractivity contribution in [1.82, 2.24) is 4.98 Å². The summed E-state index contributed by atoms with van der Waals surface area (Å²) in [5.41, 5.74) is 0.917. The molecule has 0 aliphatic carbocycles. The third-order valence-electron chi connectivity index (χ3n) is 3.35. The Morgan fingerprint density at radius 2 is 2.00 bits per heavy atom.